The van der Waals surface area contributed by atoms with Crippen LogP contribution in [0.25, 0.3) is 11.1 Å². The van der Waals surface area contributed by atoms with E-state index in [1.54, 1.807) is 0 Å². The summed E-state index contributed by atoms with van der Waals surface area (Å²) >= 11 is 0. The Labute approximate surface area is 122 Å². The Morgan fingerprint density at radius 1 is 1.00 bits per heavy atom. The van der Waals surface area contributed by atoms with Crippen molar-refractivity contribution in [3.05, 3.63) is 59.7 Å². The fourth-order valence-corrected chi connectivity index (χ4v) is 2.24. The summed E-state index contributed by atoms with van der Waals surface area (Å²) < 4.78 is 0. The van der Waals surface area contributed by atoms with E-state index in [2.05, 4.69) is 68.3 Å². The highest BCUT2D eigenvalue weighted by Crippen LogP contribution is 2.24. The molecule has 2 nitrogen and oxygen atoms in total. The third-order valence-electron chi connectivity index (χ3n) is 3.82. The van der Waals surface area contributed by atoms with Gasteiger partial charge in [0, 0.05) is 19.1 Å². The molecule has 0 aromatic heterocycles. The Morgan fingerprint density at radius 2 is 1.65 bits per heavy atom. The zero-order valence-electron chi connectivity index (χ0n) is 12.6. The highest BCUT2D eigenvalue weighted by Gasteiger charge is 2.06. The lowest BCUT2D eigenvalue weighted by Gasteiger charge is -2.21. The quantitative estimate of drug-likeness (QED) is 0.897. The molecular formula is C18H24N2. The van der Waals surface area contributed by atoms with Crippen LogP contribution in [0.3, 0.4) is 0 Å². The van der Waals surface area contributed by atoms with Crippen LogP contribution in [0.2, 0.25) is 0 Å². The second kappa shape index (κ2) is 6.69. The van der Waals surface area contributed by atoms with Gasteiger partial charge in [-0.3, -0.25) is 4.90 Å². The van der Waals surface area contributed by atoms with E-state index in [1.165, 1.54) is 22.3 Å². The third kappa shape index (κ3) is 3.47. The molecular weight excluding hydrogens is 244 g/mol. The van der Waals surface area contributed by atoms with Crippen molar-refractivity contribution >= 4 is 0 Å². The van der Waals surface area contributed by atoms with Crippen molar-refractivity contribution < 1.29 is 0 Å². The molecule has 0 radical (unpaired) electrons. The molecule has 0 heterocycles. The van der Waals surface area contributed by atoms with Gasteiger partial charge in [-0.1, -0.05) is 48.5 Å². The second-order valence-corrected chi connectivity index (χ2v) is 5.57. The van der Waals surface area contributed by atoms with E-state index in [1.807, 2.05) is 6.07 Å². The van der Waals surface area contributed by atoms with Crippen LogP contribution in [0.1, 0.15) is 25.0 Å². The molecule has 0 aliphatic carbocycles. The first kappa shape index (κ1) is 14.8. The molecule has 2 rings (SSSR count). The molecule has 0 atom stereocenters. The van der Waals surface area contributed by atoms with Crippen molar-refractivity contribution in [1.82, 2.24) is 4.90 Å². The van der Waals surface area contributed by atoms with E-state index in [0.29, 0.717) is 12.6 Å². The standard InChI is InChI=1S/C18H24N2/c1-14(2)20(3)13-15-8-10-16(11-9-15)18-7-5-4-6-17(18)12-19/h4-11,14H,12-13,19H2,1-3H3. The molecule has 0 saturated carbocycles. The first-order valence-electron chi connectivity index (χ1n) is 7.19. The van der Waals surface area contributed by atoms with Gasteiger partial charge in [0.25, 0.3) is 0 Å². The van der Waals surface area contributed by atoms with Gasteiger partial charge in [0.15, 0.2) is 0 Å². The van der Waals surface area contributed by atoms with E-state index in [-0.39, 0.29) is 0 Å². The lowest BCUT2D eigenvalue weighted by atomic mass is 9.98. The average molecular weight is 268 g/mol. The van der Waals surface area contributed by atoms with Crippen molar-refractivity contribution in [2.45, 2.75) is 33.0 Å². The molecule has 0 aliphatic heterocycles. The predicted octanol–water partition coefficient (Wildman–Crippen LogP) is 3.65. The number of nitrogens with zero attached hydrogens (tertiary/aromatic N) is 1. The van der Waals surface area contributed by atoms with Gasteiger partial charge in [-0.15, -0.1) is 0 Å². The summed E-state index contributed by atoms with van der Waals surface area (Å²) in [5.41, 5.74) is 10.8. The van der Waals surface area contributed by atoms with Crippen LogP contribution in [-0.2, 0) is 13.1 Å². The van der Waals surface area contributed by atoms with Gasteiger partial charge < -0.3 is 5.73 Å². The monoisotopic (exact) mass is 268 g/mol. The number of benzene rings is 2. The smallest absolute Gasteiger partial charge is 0.0233 e. The Bertz CT molecular complexity index is 544. The van der Waals surface area contributed by atoms with Gasteiger partial charge in [0.2, 0.25) is 0 Å². The average Bonchev–Trinajstić information content (AvgIpc) is 2.48. The summed E-state index contributed by atoms with van der Waals surface area (Å²) in [4.78, 5) is 2.34. The maximum atomic E-state index is 5.81. The summed E-state index contributed by atoms with van der Waals surface area (Å²) in [6.07, 6.45) is 0. The second-order valence-electron chi connectivity index (χ2n) is 5.57. The van der Waals surface area contributed by atoms with E-state index in [9.17, 15) is 0 Å². The number of nitrogens with two attached hydrogens (primary N) is 1. The SMILES string of the molecule is CC(C)N(C)Cc1ccc(-c2ccccc2CN)cc1. The molecule has 2 aromatic rings. The lowest BCUT2D eigenvalue weighted by molar-refractivity contribution is 0.266. The topological polar surface area (TPSA) is 29.3 Å². The summed E-state index contributed by atoms with van der Waals surface area (Å²) in [5.74, 6) is 0. The Balaban J connectivity index is 2.20. The Hall–Kier alpha value is -1.64. The van der Waals surface area contributed by atoms with Gasteiger partial charge in [0.1, 0.15) is 0 Å². The van der Waals surface area contributed by atoms with Gasteiger partial charge in [-0.05, 0) is 43.1 Å². The molecule has 0 spiro atoms. The normalized spacial score (nSPS) is 11.3. The summed E-state index contributed by atoms with van der Waals surface area (Å²) in [7, 11) is 2.16. The minimum absolute atomic E-state index is 0.563. The largest absolute Gasteiger partial charge is 0.326 e. The Kier molecular flexibility index (Phi) is 4.94. The van der Waals surface area contributed by atoms with Crippen LogP contribution in [0.4, 0.5) is 0 Å². The third-order valence-corrected chi connectivity index (χ3v) is 3.82. The molecule has 2 N–H and O–H groups in total. The van der Waals surface area contributed by atoms with Crippen molar-refractivity contribution in [2.24, 2.45) is 5.73 Å². The Morgan fingerprint density at radius 3 is 2.25 bits per heavy atom. The molecule has 0 aliphatic rings. The molecule has 2 aromatic carbocycles. The van der Waals surface area contributed by atoms with Crippen LogP contribution in [0.15, 0.2) is 48.5 Å². The molecule has 0 bridgehead atoms. The van der Waals surface area contributed by atoms with Crippen LogP contribution < -0.4 is 5.73 Å². The zero-order valence-corrected chi connectivity index (χ0v) is 12.6. The molecule has 20 heavy (non-hydrogen) atoms. The first-order chi connectivity index (χ1) is 9.61. The van der Waals surface area contributed by atoms with Crippen molar-refractivity contribution in [2.75, 3.05) is 7.05 Å². The maximum absolute atomic E-state index is 5.81. The van der Waals surface area contributed by atoms with Crippen LogP contribution >= 0.6 is 0 Å². The summed E-state index contributed by atoms with van der Waals surface area (Å²) in [6.45, 7) is 5.99. The fourth-order valence-electron chi connectivity index (χ4n) is 2.24. The molecule has 0 fully saturated rings. The van der Waals surface area contributed by atoms with Crippen LogP contribution in [0.5, 0.6) is 0 Å². The van der Waals surface area contributed by atoms with Gasteiger partial charge in [-0.25, -0.2) is 0 Å². The molecule has 0 saturated heterocycles. The summed E-state index contributed by atoms with van der Waals surface area (Å²) in [6, 6.07) is 17.7. The van der Waals surface area contributed by atoms with E-state index < -0.39 is 0 Å². The highest BCUT2D eigenvalue weighted by atomic mass is 15.1. The number of hydrogen-bond donors (Lipinski definition) is 1. The molecule has 0 unspecified atom stereocenters. The number of hydrogen-bond acceptors (Lipinski definition) is 2. The lowest BCUT2D eigenvalue weighted by Crippen LogP contribution is -2.25. The van der Waals surface area contributed by atoms with Crippen molar-refractivity contribution in [1.29, 1.82) is 0 Å². The fraction of sp³-hybridized carbons (Fsp3) is 0.333. The van der Waals surface area contributed by atoms with Gasteiger partial charge >= 0.3 is 0 Å². The van der Waals surface area contributed by atoms with Gasteiger partial charge in [-0.2, -0.15) is 0 Å². The maximum Gasteiger partial charge on any atom is 0.0233 e. The van der Waals surface area contributed by atoms with Crippen molar-refractivity contribution in [3.8, 4) is 11.1 Å². The van der Waals surface area contributed by atoms with E-state index in [4.69, 9.17) is 5.73 Å². The molecule has 106 valence electrons. The minimum atomic E-state index is 0.563. The van der Waals surface area contributed by atoms with E-state index in [0.717, 1.165) is 6.54 Å². The van der Waals surface area contributed by atoms with Crippen LogP contribution in [-0.4, -0.2) is 18.0 Å². The minimum Gasteiger partial charge on any atom is -0.326 e. The summed E-state index contributed by atoms with van der Waals surface area (Å²) in [5, 5.41) is 0. The molecule has 2 heteroatoms. The highest BCUT2D eigenvalue weighted by molar-refractivity contribution is 5.67. The number of rotatable bonds is 5. The first-order valence-corrected chi connectivity index (χ1v) is 7.19. The van der Waals surface area contributed by atoms with E-state index >= 15 is 0 Å². The van der Waals surface area contributed by atoms with Crippen molar-refractivity contribution in [3.63, 3.8) is 0 Å². The zero-order chi connectivity index (χ0) is 14.5. The van der Waals surface area contributed by atoms with Crippen LogP contribution in [0, 0.1) is 0 Å². The predicted molar refractivity (Wildman–Crippen MR) is 86.4 cm³/mol. The molecule has 0 amide bonds. The van der Waals surface area contributed by atoms with Gasteiger partial charge in [0.05, 0.1) is 0 Å².